The lowest BCUT2D eigenvalue weighted by Crippen LogP contribution is -2.35. The Kier molecular flexibility index (Phi) is 1.86. The van der Waals surface area contributed by atoms with Gasteiger partial charge in [-0.2, -0.15) is 9.13 Å². The highest BCUT2D eigenvalue weighted by Crippen LogP contribution is 2.16. The Morgan fingerprint density at radius 2 is 1.75 bits per heavy atom. The van der Waals surface area contributed by atoms with Gasteiger partial charge < -0.3 is 0 Å². The zero-order valence-electron chi connectivity index (χ0n) is 9.38. The molecule has 0 aliphatic heterocycles. The monoisotopic (exact) mass is 211 g/mol. The Morgan fingerprint density at radius 3 is 2.62 bits per heavy atom. The van der Waals surface area contributed by atoms with Gasteiger partial charge in [0.1, 0.15) is 19.6 Å². The average Bonchev–Trinajstić information content (AvgIpc) is 2.29. The van der Waals surface area contributed by atoms with Crippen LogP contribution in [0.5, 0.6) is 0 Å². The molecule has 0 saturated carbocycles. The molecule has 0 spiro atoms. The van der Waals surface area contributed by atoms with E-state index in [-0.39, 0.29) is 0 Å². The highest BCUT2D eigenvalue weighted by Gasteiger charge is 2.17. The topological polar surface area (TPSA) is 20.6 Å². The van der Waals surface area contributed by atoms with Crippen LogP contribution in [0.4, 0.5) is 0 Å². The molecular formula is C13H13N3+2. The summed E-state index contributed by atoms with van der Waals surface area (Å²) in [4.78, 5) is 4.40. The second-order valence-electron chi connectivity index (χ2n) is 4.03. The summed E-state index contributed by atoms with van der Waals surface area (Å²) >= 11 is 0. The Balaban J connectivity index is 2.67. The SMILES string of the molecule is C[n+]1cccc2ccc3ncc[n+](C)c3c21. The van der Waals surface area contributed by atoms with Crippen molar-refractivity contribution in [3.8, 4) is 0 Å². The minimum Gasteiger partial charge on any atom is -0.243 e. The van der Waals surface area contributed by atoms with Crippen LogP contribution in [0.25, 0.3) is 21.9 Å². The van der Waals surface area contributed by atoms with Gasteiger partial charge in [-0.1, -0.05) is 0 Å². The maximum absolute atomic E-state index is 4.40. The summed E-state index contributed by atoms with van der Waals surface area (Å²) in [6.45, 7) is 0. The van der Waals surface area contributed by atoms with E-state index in [0.29, 0.717) is 0 Å². The van der Waals surface area contributed by atoms with Crippen LogP contribution in [0.1, 0.15) is 0 Å². The van der Waals surface area contributed by atoms with Gasteiger partial charge in [0.15, 0.2) is 12.4 Å². The molecule has 2 heterocycles. The molecule has 0 saturated heterocycles. The second-order valence-corrected chi connectivity index (χ2v) is 4.03. The lowest BCUT2D eigenvalue weighted by Gasteiger charge is -1.99. The van der Waals surface area contributed by atoms with Crippen molar-refractivity contribution in [2.24, 2.45) is 14.1 Å². The number of fused-ring (bicyclic) bond motifs is 3. The van der Waals surface area contributed by atoms with E-state index in [9.17, 15) is 0 Å². The molecule has 1 aromatic carbocycles. The fraction of sp³-hybridized carbons (Fsp3) is 0.154. The Labute approximate surface area is 93.6 Å². The predicted molar refractivity (Wildman–Crippen MR) is 61.6 cm³/mol. The van der Waals surface area contributed by atoms with E-state index in [1.165, 1.54) is 16.4 Å². The van der Waals surface area contributed by atoms with Gasteiger partial charge >= 0.3 is 5.52 Å². The van der Waals surface area contributed by atoms with Gasteiger partial charge in [-0.15, -0.1) is 0 Å². The first-order valence-corrected chi connectivity index (χ1v) is 5.29. The molecule has 0 unspecified atom stereocenters. The average molecular weight is 211 g/mol. The third kappa shape index (κ3) is 1.18. The maximum atomic E-state index is 4.40. The van der Waals surface area contributed by atoms with Crippen LogP contribution in [-0.4, -0.2) is 4.98 Å². The molecular weight excluding hydrogens is 198 g/mol. The fourth-order valence-electron chi connectivity index (χ4n) is 2.18. The number of rotatable bonds is 0. The normalized spacial score (nSPS) is 11.1. The zero-order chi connectivity index (χ0) is 11.1. The summed E-state index contributed by atoms with van der Waals surface area (Å²) in [7, 11) is 4.12. The van der Waals surface area contributed by atoms with Gasteiger partial charge in [0.05, 0.1) is 11.6 Å². The van der Waals surface area contributed by atoms with Crippen LogP contribution < -0.4 is 9.13 Å². The number of hydrogen-bond donors (Lipinski definition) is 0. The van der Waals surface area contributed by atoms with E-state index in [0.717, 1.165) is 5.52 Å². The third-order valence-electron chi connectivity index (χ3n) is 2.96. The number of aryl methyl sites for hydroxylation is 2. The molecule has 3 nitrogen and oxygen atoms in total. The summed E-state index contributed by atoms with van der Waals surface area (Å²) in [6.07, 6.45) is 5.88. The lowest BCUT2D eigenvalue weighted by atomic mass is 10.2. The molecule has 0 atom stereocenters. The first kappa shape index (κ1) is 9.21. The fourth-order valence-corrected chi connectivity index (χ4v) is 2.18. The maximum Gasteiger partial charge on any atom is 0.303 e. The molecule has 3 aromatic rings. The van der Waals surface area contributed by atoms with E-state index in [1.54, 1.807) is 0 Å². The van der Waals surface area contributed by atoms with E-state index in [2.05, 4.69) is 58.7 Å². The van der Waals surface area contributed by atoms with Gasteiger partial charge in [-0.25, -0.2) is 4.98 Å². The molecule has 0 amide bonds. The molecule has 0 radical (unpaired) electrons. The smallest absolute Gasteiger partial charge is 0.243 e. The summed E-state index contributed by atoms with van der Waals surface area (Å²) in [5.74, 6) is 0. The quantitative estimate of drug-likeness (QED) is 0.402. The van der Waals surface area contributed by atoms with Crippen molar-refractivity contribution in [1.82, 2.24) is 4.98 Å². The molecule has 0 aliphatic rings. The molecule has 78 valence electrons. The molecule has 0 fully saturated rings. The van der Waals surface area contributed by atoms with Crippen LogP contribution in [0.15, 0.2) is 42.9 Å². The first-order chi connectivity index (χ1) is 7.77. The number of pyridine rings is 1. The van der Waals surface area contributed by atoms with E-state index in [1.807, 2.05) is 12.4 Å². The van der Waals surface area contributed by atoms with Crippen molar-refractivity contribution >= 4 is 21.9 Å². The lowest BCUT2D eigenvalue weighted by molar-refractivity contribution is -0.664. The molecule has 2 aromatic heterocycles. The minimum atomic E-state index is 1.03. The summed E-state index contributed by atoms with van der Waals surface area (Å²) in [6, 6.07) is 8.37. The van der Waals surface area contributed by atoms with Crippen molar-refractivity contribution in [1.29, 1.82) is 0 Å². The van der Waals surface area contributed by atoms with Gasteiger partial charge in [0, 0.05) is 6.07 Å². The summed E-state index contributed by atoms with van der Waals surface area (Å²) in [5, 5.41) is 1.24. The van der Waals surface area contributed by atoms with E-state index >= 15 is 0 Å². The summed E-state index contributed by atoms with van der Waals surface area (Å²) < 4.78 is 4.25. The largest absolute Gasteiger partial charge is 0.303 e. The Bertz CT molecular complexity index is 628. The zero-order valence-corrected chi connectivity index (χ0v) is 9.38. The minimum absolute atomic E-state index is 1.03. The van der Waals surface area contributed by atoms with Crippen LogP contribution in [0.2, 0.25) is 0 Å². The molecule has 0 aliphatic carbocycles. The van der Waals surface area contributed by atoms with Crippen molar-refractivity contribution in [2.45, 2.75) is 0 Å². The first-order valence-electron chi connectivity index (χ1n) is 5.29. The van der Waals surface area contributed by atoms with Gasteiger partial charge in [0.25, 0.3) is 5.52 Å². The van der Waals surface area contributed by atoms with Crippen LogP contribution in [-0.2, 0) is 14.1 Å². The number of hydrogen-bond acceptors (Lipinski definition) is 1. The van der Waals surface area contributed by atoms with Crippen molar-refractivity contribution in [2.75, 3.05) is 0 Å². The Morgan fingerprint density at radius 1 is 0.938 bits per heavy atom. The van der Waals surface area contributed by atoms with Gasteiger partial charge in [0.2, 0.25) is 0 Å². The third-order valence-corrected chi connectivity index (χ3v) is 2.96. The van der Waals surface area contributed by atoms with Crippen molar-refractivity contribution in [3.63, 3.8) is 0 Å². The van der Waals surface area contributed by atoms with E-state index < -0.39 is 0 Å². The number of aromatic nitrogens is 3. The highest BCUT2D eigenvalue weighted by atomic mass is 15.0. The molecule has 3 heteroatoms. The number of nitrogens with zero attached hydrogens (tertiary/aromatic N) is 3. The second kappa shape index (κ2) is 3.23. The van der Waals surface area contributed by atoms with E-state index in [4.69, 9.17) is 0 Å². The molecule has 0 bridgehead atoms. The summed E-state index contributed by atoms with van der Waals surface area (Å²) in [5.41, 5.74) is 3.41. The predicted octanol–water partition coefficient (Wildman–Crippen LogP) is 1.04. The van der Waals surface area contributed by atoms with Crippen molar-refractivity contribution < 1.29 is 9.13 Å². The molecule has 16 heavy (non-hydrogen) atoms. The van der Waals surface area contributed by atoms with Crippen LogP contribution in [0, 0.1) is 0 Å². The van der Waals surface area contributed by atoms with Crippen LogP contribution >= 0.6 is 0 Å². The highest BCUT2D eigenvalue weighted by molar-refractivity contribution is 5.96. The van der Waals surface area contributed by atoms with Crippen LogP contribution in [0.3, 0.4) is 0 Å². The standard InChI is InChI=1S/C13H13N3/c1-15-8-3-4-10-5-6-11-13(12(10)15)16(2)9-7-14-11/h3-9H,1-2H3/q+2. The van der Waals surface area contributed by atoms with Gasteiger partial charge in [-0.3, -0.25) is 0 Å². The van der Waals surface area contributed by atoms with Gasteiger partial charge in [-0.05, 0) is 18.2 Å². The molecule has 0 N–H and O–H groups in total. The number of benzene rings is 1. The molecule has 3 rings (SSSR count). The van der Waals surface area contributed by atoms with Crippen molar-refractivity contribution in [3.05, 3.63) is 42.9 Å². The Hall–Kier alpha value is -2.03.